The molecule has 0 fully saturated rings. The van der Waals surface area contributed by atoms with Gasteiger partial charge in [-0.15, -0.1) is 5.10 Å². The first-order chi connectivity index (χ1) is 13.5. The smallest absolute Gasteiger partial charge is 0.291 e. The summed E-state index contributed by atoms with van der Waals surface area (Å²) >= 11 is 0. The molecule has 1 aliphatic rings. The third-order valence-corrected chi connectivity index (χ3v) is 4.49. The Morgan fingerprint density at radius 2 is 2.18 bits per heavy atom. The minimum atomic E-state index is -0.723. The van der Waals surface area contributed by atoms with Crippen molar-refractivity contribution in [2.24, 2.45) is 0 Å². The van der Waals surface area contributed by atoms with Crippen molar-refractivity contribution in [3.05, 3.63) is 54.3 Å². The number of aryl methyl sites for hydroxylation is 1. The van der Waals surface area contributed by atoms with Crippen molar-refractivity contribution in [1.29, 1.82) is 0 Å². The van der Waals surface area contributed by atoms with Gasteiger partial charge in [0, 0.05) is 25.9 Å². The third kappa shape index (κ3) is 3.33. The average Bonchev–Trinajstić information content (AvgIpc) is 3.33. The molecule has 0 unspecified atom stereocenters. The molecular formula is C17H17FN8O2. The maximum Gasteiger partial charge on any atom is 0.291 e. The first kappa shape index (κ1) is 17.8. The number of hydrogen-bond acceptors (Lipinski definition) is 6. The molecule has 28 heavy (non-hydrogen) atoms. The highest BCUT2D eigenvalue weighted by atomic mass is 19.1. The highest BCUT2D eigenvalue weighted by Crippen LogP contribution is 2.18. The predicted octanol–water partition coefficient (Wildman–Crippen LogP) is 0.222. The Bertz CT molecular complexity index is 1030. The summed E-state index contributed by atoms with van der Waals surface area (Å²) in [7, 11) is 1.63. The lowest BCUT2D eigenvalue weighted by Crippen LogP contribution is -2.47. The van der Waals surface area contributed by atoms with E-state index < -0.39 is 17.8 Å². The molecule has 0 saturated carbocycles. The molecule has 3 aromatic heterocycles. The second-order valence-electron chi connectivity index (χ2n) is 6.32. The number of fused-ring (bicyclic) bond motifs is 1. The van der Waals surface area contributed by atoms with Gasteiger partial charge < -0.3 is 5.32 Å². The van der Waals surface area contributed by atoms with E-state index in [1.165, 1.54) is 34.2 Å². The summed E-state index contributed by atoms with van der Waals surface area (Å²) in [6.07, 6.45) is 4.81. The minimum absolute atomic E-state index is 0.0408. The van der Waals surface area contributed by atoms with Gasteiger partial charge in [-0.1, -0.05) is 0 Å². The summed E-state index contributed by atoms with van der Waals surface area (Å²) in [6.45, 7) is 0.531. The van der Waals surface area contributed by atoms with E-state index in [1.54, 1.807) is 24.0 Å². The molecule has 4 rings (SSSR count). The van der Waals surface area contributed by atoms with Crippen LogP contribution in [-0.4, -0.2) is 54.4 Å². The molecule has 11 heteroatoms. The fourth-order valence-electron chi connectivity index (χ4n) is 3.02. The van der Waals surface area contributed by atoms with Gasteiger partial charge in [0.15, 0.2) is 0 Å². The molecule has 1 atom stereocenters. The SMILES string of the molecule is CN1C(=O)[C@@H](NC(=O)c2ncn(Cc3ncccc3F)n2)CCn2nccc21. The standard InChI is InChI=1S/C17H17FN8O2/c1-24-14-4-7-21-26(14)8-5-12(17(24)28)22-16(27)15-20-10-25(23-15)9-13-11(18)3-2-6-19-13/h2-4,6-7,10,12H,5,8-9H2,1H3,(H,22,27)/t12-/m0/s1. The molecule has 2 amide bonds. The van der Waals surface area contributed by atoms with Crippen molar-refractivity contribution in [3.63, 3.8) is 0 Å². The molecule has 0 aliphatic carbocycles. The largest absolute Gasteiger partial charge is 0.337 e. The van der Waals surface area contributed by atoms with E-state index in [0.717, 1.165) is 0 Å². The highest BCUT2D eigenvalue weighted by Gasteiger charge is 2.30. The molecule has 0 bridgehead atoms. The van der Waals surface area contributed by atoms with E-state index in [4.69, 9.17) is 0 Å². The summed E-state index contributed by atoms with van der Waals surface area (Å²) in [5, 5.41) is 10.9. The number of halogens is 1. The zero-order valence-corrected chi connectivity index (χ0v) is 15.0. The Hall–Kier alpha value is -3.63. The van der Waals surface area contributed by atoms with Crippen molar-refractivity contribution >= 4 is 17.6 Å². The lowest BCUT2D eigenvalue weighted by atomic mass is 10.2. The van der Waals surface area contributed by atoms with Crippen molar-refractivity contribution in [2.75, 3.05) is 11.9 Å². The fraction of sp³-hybridized carbons (Fsp3) is 0.294. The molecule has 0 aromatic carbocycles. The van der Waals surface area contributed by atoms with Crippen molar-refractivity contribution < 1.29 is 14.0 Å². The number of rotatable bonds is 4. The number of amides is 2. The number of carbonyl (C=O) groups is 2. The van der Waals surface area contributed by atoms with Gasteiger partial charge >= 0.3 is 0 Å². The molecule has 144 valence electrons. The maximum absolute atomic E-state index is 13.7. The Morgan fingerprint density at radius 1 is 1.32 bits per heavy atom. The normalized spacial score (nSPS) is 16.6. The van der Waals surface area contributed by atoms with Gasteiger partial charge in [0.2, 0.25) is 5.82 Å². The number of aromatic nitrogens is 6. The molecule has 1 N–H and O–H groups in total. The monoisotopic (exact) mass is 384 g/mol. The molecule has 1 aliphatic heterocycles. The van der Waals surface area contributed by atoms with Crippen LogP contribution in [0, 0.1) is 5.82 Å². The number of likely N-dealkylation sites (N-methyl/N-ethyl adjacent to an activating group) is 1. The second-order valence-corrected chi connectivity index (χ2v) is 6.32. The molecule has 0 radical (unpaired) electrons. The summed E-state index contributed by atoms with van der Waals surface area (Å²) < 4.78 is 16.7. The van der Waals surface area contributed by atoms with Gasteiger partial charge in [-0.25, -0.2) is 18.7 Å². The number of hydrogen-bond donors (Lipinski definition) is 1. The highest BCUT2D eigenvalue weighted by molar-refractivity contribution is 6.00. The van der Waals surface area contributed by atoms with Crippen molar-refractivity contribution in [3.8, 4) is 0 Å². The van der Waals surface area contributed by atoms with Gasteiger partial charge in [0.25, 0.3) is 11.8 Å². The molecule has 4 heterocycles. The number of anilines is 1. The first-order valence-electron chi connectivity index (χ1n) is 8.62. The zero-order chi connectivity index (χ0) is 19.7. The van der Waals surface area contributed by atoms with Crippen LogP contribution in [0.3, 0.4) is 0 Å². The summed E-state index contributed by atoms with van der Waals surface area (Å²) in [4.78, 5) is 34.5. The zero-order valence-electron chi connectivity index (χ0n) is 15.0. The van der Waals surface area contributed by atoms with E-state index in [-0.39, 0.29) is 24.0 Å². The van der Waals surface area contributed by atoms with E-state index >= 15 is 0 Å². The Balaban J connectivity index is 1.44. The second kappa shape index (κ2) is 7.18. The predicted molar refractivity (Wildman–Crippen MR) is 94.8 cm³/mol. The number of nitrogens with zero attached hydrogens (tertiary/aromatic N) is 7. The lowest BCUT2D eigenvalue weighted by Gasteiger charge is -2.19. The molecular weight excluding hydrogens is 367 g/mol. The summed E-state index contributed by atoms with van der Waals surface area (Å²) in [6, 6.07) is 3.80. The van der Waals surface area contributed by atoms with Crippen LogP contribution in [0.2, 0.25) is 0 Å². The van der Waals surface area contributed by atoms with Gasteiger partial charge in [-0.05, 0) is 18.6 Å². The van der Waals surface area contributed by atoms with E-state index in [0.29, 0.717) is 18.8 Å². The summed E-state index contributed by atoms with van der Waals surface area (Å²) in [5.74, 6) is -0.724. The molecule has 3 aromatic rings. The number of pyridine rings is 1. The van der Waals surface area contributed by atoms with Gasteiger partial charge in [0.1, 0.15) is 24.0 Å². The minimum Gasteiger partial charge on any atom is -0.337 e. The molecule has 0 saturated heterocycles. The van der Waals surface area contributed by atoms with Crippen molar-refractivity contribution in [1.82, 2.24) is 34.8 Å². The number of nitrogens with one attached hydrogen (secondary N) is 1. The van der Waals surface area contributed by atoms with E-state index in [1.807, 2.05) is 0 Å². The average molecular weight is 384 g/mol. The van der Waals surface area contributed by atoms with Gasteiger partial charge in [-0.3, -0.25) is 19.5 Å². The van der Waals surface area contributed by atoms with Crippen LogP contribution in [0.5, 0.6) is 0 Å². The van der Waals surface area contributed by atoms with Crippen LogP contribution in [0.1, 0.15) is 22.7 Å². The van der Waals surface area contributed by atoms with E-state index in [2.05, 4.69) is 25.5 Å². The van der Waals surface area contributed by atoms with Crippen molar-refractivity contribution in [2.45, 2.75) is 25.6 Å². The van der Waals surface area contributed by atoms with E-state index in [9.17, 15) is 14.0 Å². The fourth-order valence-corrected chi connectivity index (χ4v) is 3.02. The Labute approximate surface area is 159 Å². The summed E-state index contributed by atoms with van der Waals surface area (Å²) in [5.41, 5.74) is 0.189. The Morgan fingerprint density at radius 3 is 3.00 bits per heavy atom. The van der Waals surface area contributed by atoms with Crippen LogP contribution >= 0.6 is 0 Å². The van der Waals surface area contributed by atoms with Crippen LogP contribution < -0.4 is 10.2 Å². The van der Waals surface area contributed by atoms with Gasteiger partial charge in [0.05, 0.1) is 18.4 Å². The first-order valence-corrected chi connectivity index (χ1v) is 8.62. The van der Waals surface area contributed by atoms with Crippen LogP contribution in [-0.2, 0) is 17.9 Å². The number of carbonyl (C=O) groups excluding carboxylic acids is 2. The topological polar surface area (TPSA) is 111 Å². The third-order valence-electron chi connectivity index (χ3n) is 4.49. The molecule has 0 spiro atoms. The lowest BCUT2D eigenvalue weighted by molar-refractivity contribution is -0.120. The van der Waals surface area contributed by atoms with Crippen LogP contribution in [0.15, 0.2) is 36.9 Å². The van der Waals surface area contributed by atoms with Crippen LogP contribution in [0.4, 0.5) is 10.2 Å². The molecule has 10 nitrogen and oxygen atoms in total. The maximum atomic E-state index is 13.7. The quantitative estimate of drug-likeness (QED) is 0.689. The Kier molecular flexibility index (Phi) is 4.55. The van der Waals surface area contributed by atoms with Gasteiger partial charge in [-0.2, -0.15) is 5.10 Å². The van der Waals surface area contributed by atoms with Crippen LogP contribution in [0.25, 0.3) is 0 Å².